The summed E-state index contributed by atoms with van der Waals surface area (Å²) in [5, 5.41) is 31.7. The molecule has 232 valence electrons. The van der Waals surface area contributed by atoms with E-state index in [2.05, 4.69) is 37.2 Å². The summed E-state index contributed by atoms with van der Waals surface area (Å²) in [6, 6.07) is -2.81. The molecular formula is C22H42N12O6S. The van der Waals surface area contributed by atoms with Crippen LogP contribution in [0.25, 0.3) is 0 Å². The zero-order chi connectivity index (χ0) is 31.2. The first kappa shape index (κ1) is 36.9. The first-order valence-electron chi connectivity index (χ1n) is 12.7. The average Bonchev–Trinajstić information content (AvgIpc) is 2.92. The standard InChI is InChI=1S/C22H42N12O6S/c1-41-12-15(34-16(36)8-23)19(39)31-9-17(37)30-10-18(38)33-14(5-3-7-29-22(26)27)20(40)32-13(11-35)4-2-6-28-21(24)25/h11,13-15H,2-10,12,23H2,1H3,(H,30,37)(H,31,39)(H,32,40)(H,33,38)(H,34,36)(H4,24,25,28)(H4,26,27,29)/t13-,14-,15+/m1/s1. The SMILES string of the molecule is CSC[C@H](NC(=O)CN)C(=O)NCC(=O)NCC(=O)N[C@H](CCCNC(=N)N)C(=O)N[C@@H](C=O)CCCNC(=N)N. The highest BCUT2D eigenvalue weighted by atomic mass is 32.2. The predicted molar refractivity (Wildman–Crippen MR) is 154 cm³/mol. The molecule has 0 fully saturated rings. The number of aldehydes is 1. The van der Waals surface area contributed by atoms with Crippen molar-refractivity contribution in [3.8, 4) is 0 Å². The molecule has 0 heterocycles. The number of carbonyl (C=O) groups is 6. The van der Waals surface area contributed by atoms with E-state index in [-0.39, 0.29) is 43.6 Å². The molecule has 18 nitrogen and oxygen atoms in total. The summed E-state index contributed by atoms with van der Waals surface area (Å²) in [5.41, 5.74) is 15.7. The number of hydrogen-bond acceptors (Lipinski definition) is 10. The lowest BCUT2D eigenvalue weighted by atomic mass is 10.1. The Balaban J connectivity index is 4.93. The van der Waals surface area contributed by atoms with Gasteiger partial charge in [-0.15, -0.1) is 0 Å². The summed E-state index contributed by atoms with van der Waals surface area (Å²) in [6.07, 6.45) is 3.45. The lowest BCUT2D eigenvalue weighted by Gasteiger charge is -2.21. The van der Waals surface area contributed by atoms with Crippen LogP contribution in [0.15, 0.2) is 0 Å². The Morgan fingerprint density at radius 3 is 1.85 bits per heavy atom. The third kappa shape index (κ3) is 18.7. The Morgan fingerprint density at radius 1 is 0.756 bits per heavy atom. The number of nitrogens with one attached hydrogen (secondary N) is 9. The molecule has 0 bridgehead atoms. The van der Waals surface area contributed by atoms with E-state index in [4.69, 9.17) is 28.0 Å². The smallest absolute Gasteiger partial charge is 0.243 e. The van der Waals surface area contributed by atoms with Gasteiger partial charge in [-0.05, 0) is 31.9 Å². The molecule has 0 aliphatic heterocycles. The van der Waals surface area contributed by atoms with Crippen molar-refractivity contribution in [2.24, 2.45) is 17.2 Å². The lowest BCUT2D eigenvalue weighted by molar-refractivity contribution is -0.131. The van der Waals surface area contributed by atoms with Gasteiger partial charge in [-0.3, -0.25) is 34.8 Å². The highest BCUT2D eigenvalue weighted by Crippen LogP contribution is 2.01. The number of guanidine groups is 2. The van der Waals surface area contributed by atoms with Crippen LogP contribution >= 0.6 is 11.8 Å². The van der Waals surface area contributed by atoms with Crippen molar-refractivity contribution in [3.63, 3.8) is 0 Å². The Kier molecular flexibility index (Phi) is 19.5. The fraction of sp³-hybridized carbons (Fsp3) is 0.636. The van der Waals surface area contributed by atoms with Crippen LogP contribution < -0.4 is 54.4 Å². The van der Waals surface area contributed by atoms with Crippen molar-refractivity contribution < 1.29 is 28.8 Å². The number of rotatable bonds is 21. The monoisotopic (exact) mass is 602 g/mol. The fourth-order valence-corrected chi connectivity index (χ4v) is 3.75. The summed E-state index contributed by atoms with van der Waals surface area (Å²) >= 11 is 1.31. The van der Waals surface area contributed by atoms with Crippen molar-refractivity contribution in [1.29, 1.82) is 10.8 Å². The van der Waals surface area contributed by atoms with Gasteiger partial charge >= 0.3 is 0 Å². The van der Waals surface area contributed by atoms with E-state index in [0.717, 1.165) is 0 Å². The molecule has 0 radical (unpaired) electrons. The van der Waals surface area contributed by atoms with E-state index in [1.807, 2.05) is 0 Å². The maximum atomic E-state index is 12.8. The molecule has 0 unspecified atom stereocenters. The van der Waals surface area contributed by atoms with Crippen molar-refractivity contribution in [1.82, 2.24) is 37.2 Å². The molecule has 0 rings (SSSR count). The minimum absolute atomic E-state index is 0.130. The van der Waals surface area contributed by atoms with Crippen LogP contribution in [0.4, 0.5) is 0 Å². The van der Waals surface area contributed by atoms with Gasteiger partial charge in [-0.2, -0.15) is 11.8 Å². The molecule has 41 heavy (non-hydrogen) atoms. The van der Waals surface area contributed by atoms with Gasteiger partial charge in [0.05, 0.1) is 25.7 Å². The maximum Gasteiger partial charge on any atom is 0.243 e. The molecule has 0 aliphatic carbocycles. The van der Waals surface area contributed by atoms with E-state index in [9.17, 15) is 28.8 Å². The second kappa shape index (κ2) is 21.7. The summed E-state index contributed by atoms with van der Waals surface area (Å²) in [4.78, 5) is 72.7. The van der Waals surface area contributed by atoms with Crippen LogP contribution in [0, 0.1) is 10.8 Å². The van der Waals surface area contributed by atoms with E-state index in [0.29, 0.717) is 25.7 Å². The first-order chi connectivity index (χ1) is 19.4. The van der Waals surface area contributed by atoms with E-state index >= 15 is 0 Å². The van der Waals surface area contributed by atoms with Crippen molar-refractivity contribution in [2.75, 3.05) is 44.7 Å². The van der Waals surface area contributed by atoms with Gasteiger partial charge in [0, 0.05) is 18.8 Å². The number of amides is 5. The number of thioether (sulfide) groups is 1. The molecule has 0 aliphatic rings. The molecule has 0 spiro atoms. The molecule has 0 saturated heterocycles. The highest BCUT2D eigenvalue weighted by molar-refractivity contribution is 7.98. The average molecular weight is 603 g/mol. The second-order valence-electron chi connectivity index (χ2n) is 8.61. The molecule has 3 atom stereocenters. The predicted octanol–water partition coefficient (Wildman–Crippen LogP) is -5.28. The zero-order valence-electron chi connectivity index (χ0n) is 23.0. The third-order valence-electron chi connectivity index (χ3n) is 5.18. The van der Waals surface area contributed by atoms with E-state index < -0.39 is 60.8 Å². The summed E-state index contributed by atoms with van der Waals surface area (Å²) in [7, 11) is 0. The van der Waals surface area contributed by atoms with Gasteiger partial charge in [-0.25, -0.2) is 0 Å². The first-order valence-corrected chi connectivity index (χ1v) is 14.1. The third-order valence-corrected chi connectivity index (χ3v) is 5.84. The van der Waals surface area contributed by atoms with Crippen LogP contribution in [0.5, 0.6) is 0 Å². The van der Waals surface area contributed by atoms with E-state index in [1.54, 1.807) is 6.26 Å². The number of hydrogen-bond donors (Lipinski definition) is 12. The van der Waals surface area contributed by atoms with Crippen LogP contribution in [0.2, 0.25) is 0 Å². The molecule has 0 aromatic carbocycles. The Hall–Kier alpha value is -4.13. The lowest BCUT2D eigenvalue weighted by Crippen LogP contribution is -2.53. The van der Waals surface area contributed by atoms with Gasteiger partial charge in [-0.1, -0.05) is 0 Å². The van der Waals surface area contributed by atoms with Gasteiger partial charge < -0.3 is 59.2 Å². The van der Waals surface area contributed by atoms with Gasteiger partial charge in [0.15, 0.2) is 11.9 Å². The summed E-state index contributed by atoms with van der Waals surface area (Å²) in [6.45, 7) is -0.685. The number of carbonyl (C=O) groups excluding carboxylic acids is 6. The van der Waals surface area contributed by atoms with Crippen molar-refractivity contribution in [2.45, 2.75) is 43.8 Å². The van der Waals surface area contributed by atoms with Crippen molar-refractivity contribution >= 4 is 59.5 Å². The molecule has 5 amide bonds. The second-order valence-corrected chi connectivity index (χ2v) is 9.52. The van der Waals surface area contributed by atoms with E-state index in [1.165, 1.54) is 11.8 Å². The number of nitrogens with two attached hydrogens (primary N) is 3. The molecule has 19 heteroatoms. The highest BCUT2D eigenvalue weighted by Gasteiger charge is 2.24. The quantitative estimate of drug-likeness (QED) is 0.0254. The van der Waals surface area contributed by atoms with Crippen molar-refractivity contribution in [3.05, 3.63) is 0 Å². The molecular weight excluding hydrogens is 560 g/mol. The van der Waals surface area contributed by atoms with Gasteiger partial charge in [0.25, 0.3) is 0 Å². The normalized spacial score (nSPS) is 12.4. The minimum atomic E-state index is -1.07. The Morgan fingerprint density at radius 2 is 1.32 bits per heavy atom. The molecule has 15 N–H and O–H groups in total. The summed E-state index contributed by atoms with van der Waals surface area (Å²) < 4.78 is 0. The molecule has 0 saturated carbocycles. The fourth-order valence-electron chi connectivity index (χ4n) is 3.18. The summed E-state index contributed by atoms with van der Waals surface area (Å²) in [5.74, 6) is -3.36. The molecule has 0 aromatic heterocycles. The van der Waals surface area contributed by atoms with Gasteiger partial charge in [0.2, 0.25) is 29.5 Å². The van der Waals surface area contributed by atoms with Crippen LogP contribution in [0.3, 0.4) is 0 Å². The molecule has 0 aromatic rings. The van der Waals surface area contributed by atoms with Crippen LogP contribution in [-0.2, 0) is 28.8 Å². The van der Waals surface area contributed by atoms with Gasteiger partial charge in [0.1, 0.15) is 18.4 Å². The topological polar surface area (TPSA) is 312 Å². The van der Waals surface area contributed by atoms with Crippen LogP contribution in [-0.4, -0.2) is 111 Å². The Labute approximate surface area is 242 Å². The van der Waals surface area contributed by atoms with Crippen LogP contribution in [0.1, 0.15) is 25.7 Å². The largest absolute Gasteiger partial charge is 0.370 e. The zero-order valence-corrected chi connectivity index (χ0v) is 23.8. The maximum absolute atomic E-state index is 12.8. The Bertz CT molecular complexity index is 921. The minimum Gasteiger partial charge on any atom is -0.370 e.